The van der Waals surface area contributed by atoms with Gasteiger partial charge in [0.25, 0.3) is 0 Å². The number of hydrogen-bond donors (Lipinski definition) is 2. The number of carboxylic acids is 1. The van der Waals surface area contributed by atoms with Gasteiger partial charge in [-0.15, -0.1) is 0 Å². The number of nitrogens with zero attached hydrogens (tertiary/aromatic N) is 1. The summed E-state index contributed by atoms with van der Waals surface area (Å²) in [6.07, 6.45) is 5.91. The highest BCUT2D eigenvalue weighted by atomic mass is 16.4. The molecule has 0 bridgehead atoms. The summed E-state index contributed by atoms with van der Waals surface area (Å²) in [6.45, 7) is 7.72. The fourth-order valence-corrected chi connectivity index (χ4v) is 3.50. The maximum absolute atomic E-state index is 11.8. The van der Waals surface area contributed by atoms with Crippen molar-refractivity contribution in [2.24, 2.45) is 5.41 Å². The highest BCUT2D eigenvalue weighted by molar-refractivity contribution is 5.79. The van der Waals surface area contributed by atoms with Crippen LogP contribution in [0.3, 0.4) is 0 Å². The second-order valence-corrected chi connectivity index (χ2v) is 8.03. The molecule has 2 saturated carbocycles. The zero-order valence-electron chi connectivity index (χ0n) is 13.4. The first-order valence-electron chi connectivity index (χ1n) is 7.93. The van der Waals surface area contributed by atoms with Crippen LogP contribution in [0, 0.1) is 5.41 Å². The Hall–Kier alpha value is -0.610. The van der Waals surface area contributed by atoms with E-state index in [2.05, 4.69) is 38.0 Å². The van der Waals surface area contributed by atoms with Gasteiger partial charge < -0.3 is 10.0 Å². The monoisotopic (exact) mass is 282 g/mol. The van der Waals surface area contributed by atoms with Crippen molar-refractivity contribution in [1.82, 2.24) is 10.2 Å². The van der Waals surface area contributed by atoms with E-state index < -0.39 is 11.5 Å². The van der Waals surface area contributed by atoms with Gasteiger partial charge in [-0.25, -0.2) is 0 Å². The third-order valence-corrected chi connectivity index (χ3v) is 4.54. The summed E-state index contributed by atoms with van der Waals surface area (Å²) in [5.41, 5.74) is -0.432. The lowest BCUT2D eigenvalue weighted by Crippen LogP contribution is -2.59. The van der Waals surface area contributed by atoms with Crippen molar-refractivity contribution in [3.8, 4) is 0 Å². The van der Waals surface area contributed by atoms with Gasteiger partial charge in [0.15, 0.2) is 0 Å². The van der Waals surface area contributed by atoms with Gasteiger partial charge in [-0.05, 0) is 51.0 Å². The number of carbonyl (C=O) groups is 1. The smallest absolute Gasteiger partial charge is 0.323 e. The third-order valence-electron chi connectivity index (χ3n) is 4.54. The molecule has 2 unspecified atom stereocenters. The van der Waals surface area contributed by atoms with Crippen LogP contribution in [0.1, 0.15) is 59.3 Å². The third kappa shape index (κ3) is 3.95. The SMILES string of the molecule is CN(CC(C)(C)C)C1CCCC(NC2CC2)(C(=O)O)C1. The standard InChI is InChI=1S/C16H30N2O2/c1-15(2,3)11-18(4)13-6-5-9-16(10-13,14(19)20)17-12-7-8-12/h12-13,17H,5-11H2,1-4H3,(H,19,20). The average Bonchev–Trinajstić information content (AvgIpc) is 3.10. The number of nitrogens with one attached hydrogen (secondary N) is 1. The molecule has 4 nitrogen and oxygen atoms in total. The Labute approximate surface area is 122 Å². The van der Waals surface area contributed by atoms with Crippen LogP contribution in [0.5, 0.6) is 0 Å². The van der Waals surface area contributed by atoms with E-state index in [1.807, 2.05) is 0 Å². The van der Waals surface area contributed by atoms with Gasteiger partial charge in [-0.2, -0.15) is 0 Å². The van der Waals surface area contributed by atoms with Crippen molar-refractivity contribution in [3.05, 3.63) is 0 Å². The van der Waals surface area contributed by atoms with E-state index in [0.29, 0.717) is 12.1 Å². The van der Waals surface area contributed by atoms with E-state index in [9.17, 15) is 9.90 Å². The molecule has 20 heavy (non-hydrogen) atoms. The minimum Gasteiger partial charge on any atom is -0.480 e. The summed E-state index contributed by atoms with van der Waals surface area (Å²) in [7, 11) is 2.14. The second kappa shape index (κ2) is 5.64. The minimum absolute atomic E-state index is 0.252. The van der Waals surface area contributed by atoms with Crippen LogP contribution in [0.25, 0.3) is 0 Å². The molecule has 0 radical (unpaired) electrons. The minimum atomic E-state index is -0.684. The Morgan fingerprint density at radius 2 is 2.00 bits per heavy atom. The van der Waals surface area contributed by atoms with Crippen LogP contribution in [0.15, 0.2) is 0 Å². The molecule has 2 aliphatic rings. The van der Waals surface area contributed by atoms with Crippen molar-refractivity contribution in [1.29, 1.82) is 0 Å². The molecule has 2 aliphatic carbocycles. The molecular formula is C16H30N2O2. The van der Waals surface area contributed by atoms with E-state index in [1.165, 1.54) is 0 Å². The van der Waals surface area contributed by atoms with Crippen molar-refractivity contribution in [3.63, 3.8) is 0 Å². The lowest BCUT2D eigenvalue weighted by Gasteiger charge is -2.43. The van der Waals surface area contributed by atoms with Gasteiger partial charge in [0.1, 0.15) is 5.54 Å². The summed E-state index contributed by atoms with van der Waals surface area (Å²) >= 11 is 0. The van der Waals surface area contributed by atoms with Crippen LogP contribution in [-0.4, -0.2) is 47.2 Å². The molecule has 0 aliphatic heterocycles. The van der Waals surface area contributed by atoms with Gasteiger partial charge in [0, 0.05) is 18.6 Å². The Morgan fingerprint density at radius 1 is 1.35 bits per heavy atom. The lowest BCUT2D eigenvalue weighted by molar-refractivity contribution is -0.147. The van der Waals surface area contributed by atoms with Gasteiger partial charge >= 0.3 is 5.97 Å². The van der Waals surface area contributed by atoms with E-state index in [0.717, 1.165) is 45.1 Å². The highest BCUT2D eigenvalue weighted by Gasteiger charge is 2.46. The van der Waals surface area contributed by atoms with Crippen LogP contribution < -0.4 is 5.32 Å². The fraction of sp³-hybridized carbons (Fsp3) is 0.938. The van der Waals surface area contributed by atoms with Gasteiger partial charge in [0.05, 0.1) is 0 Å². The molecule has 0 heterocycles. The largest absolute Gasteiger partial charge is 0.480 e. The van der Waals surface area contributed by atoms with Crippen molar-refractivity contribution in [2.75, 3.05) is 13.6 Å². The number of aliphatic carboxylic acids is 1. The molecule has 0 amide bonds. The Bertz CT molecular complexity index is 360. The van der Waals surface area contributed by atoms with E-state index in [-0.39, 0.29) is 5.41 Å². The Morgan fingerprint density at radius 3 is 2.50 bits per heavy atom. The quantitative estimate of drug-likeness (QED) is 0.813. The molecule has 2 N–H and O–H groups in total. The number of rotatable bonds is 5. The van der Waals surface area contributed by atoms with Crippen molar-refractivity contribution in [2.45, 2.75) is 76.9 Å². The first kappa shape index (κ1) is 15.8. The number of carboxylic acid groups (broad SMARTS) is 1. The molecular weight excluding hydrogens is 252 g/mol. The maximum atomic E-state index is 11.8. The average molecular weight is 282 g/mol. The zero-order valence-corrected chi connectivity index (χ0v) is 13.4. The van der Waals surface area contributed by atoms with Crippen LogP contribution in [0.2, 0.25) is 0 Å². The van der Waals surface area contributed by atoms with Gasteiger partial charge in [-0.3, -0.25) is 10.1 Å². The van der Waals surface area contributed by atoms with E-state index >= 15 is 0 Å². The van der Waals surface area contributed by atoms with Crippen molar-refractivity contribution < 1.29 is 9.90 Å². The highest BCUT2D eigenvalue weighted by Crippen LogP contribution is 2.35. The molecule has 116 valence electrons. The Balaban J connectivity index is 2.03. The first-order valence-corrected chi connectivity index (χ1v) is 7.93. The van der Waals surface area contributed by atoms with Gasteiger partial charge in [0.2, 0.25) is 0 Å². The summed E-state index contributed by atoms with van der Waals surface area (Å²) in [6, 6.07) is 0.822. The molecule has 2 fully saturated rings. The van der Waals surface area contributed by atoms with E-state index in [4.69, 9.17) is 0 Å². The fourth-order valence-electron chi connectivity index (χ4n) is 3.50. The van der Waals surface area contributed by atoms with Crippen LogP contribution in [0.4, 0.5) is 0 Å². The molecule has 4 heteroatoms. The van der Waals surface area contributed by atoms with Gasteiger partial charge in [-0.1, -0.05) is 20.8 Å². The summed E-state index contributed by atoms with van der Waals surface area (Å²) in [4.78, 5) is 14.2. The summed E-state index contributed by atoms with van der Waals surface area (Å²) < 4.78 is 0. The molecule has 0 aromatic carbocycles. The molecule has 0 spiro atoms. The van der Waals surface area contributed by atoms with Crippen LogP contribution >= 0.6 is 0 Å². The maximum Gasteiger partial charge on any atom is 0.323 e. The van der Waals surface area contributed by atoms with Crippen molar-refractivity contribution >= 4 is 5.97 Å². The topological polar surface area (TPSA) is 52.6 Å². The number of hydrogen-bond acceptors (Lipinski definition) is 3. The summed E-state index contributed by atoms with van der Waals surface area (Å²) in [5.74, 6) is -0.654. The zero-order chi connectivity index (χ0) is 15.0. The Kier molecular flexibility index (Phi) is 4.45. The normalized spacial score (nSPS) is 31.6. The predicted octanol–water partition coefficient (Wildman–Crippen LogP) is 2.48. The molecule has 0 saturated heterocycles. The predicted molar refractivity (Wildman–Crippen MR) is 80.9 cm³/mol. The second-order valence-electron chi connectivity index (χ2n) is 8.03. The molecule has 0 aromatic heterocycles. The van der Waals surface area contributed by atoms with Crippen LogP contribution in [-0.2, 0) is 4.79 Å². The summed E-state index contributed by atoms with van der Waals surface area (Å²) in [5, 5.41) is 13.1. The van der Waals surface area contributed by atoms with E-state index in [1.54, 1.807) is 0 Å². The molecule has 2 atom stereocenters. The lowest BCUT2D eigenvalue weighted by atomic mass is 9.77. The molecule has 0 aromatic rings. The molecule has 2 rings (SSSR count). The first-order chi connectivity index (χ1) is 9.22.